The van der Waals surface area contributed by atoms with Crippen LogP contribution in [-0.2, 0) is 4.79 Å². The smallest absolute Gasteiger partial charge is 0.220 e. The number of aromatic amines is 1. The van der Waals surface area contributed by atoms with Crippen molar-refractivity contribution < 1.29 is 4.79 Å². The number of hydrogen-bond acceptors (Lipinski definition) is 2. The molecule has 0 spiro atoms. The minimum Gasteiger partial charge on any atom is -0.355 e. The van der Waals surface area contributed by atoms with E-state index in [0.29, 0.717) is 13.0 Å². The Balaban J connectivity index is 1.92. The molecule has 2 aromatic rings. The van der Waals surface area contributed by atoms with Gasteiger partial charge in [-0.15, -0.1) is 0 Å². The van der Waals surface area contributed by atoms with Gasteiger partial charge in [0.05, 0.1) is 11.9 Å². The van der Waals surface area contributed by atoms with E-state index in [2.05, 4.69) is 47.3 Å². The zero-order valence-corrected chi connectivity index (χ0v) is 11.2. The van der Waals surface area contributed by atoms with E-state index >= 15 is 0 Å². The molecule has 1 saturated heterocycles. The minimum atomic E-state index is 0.106. The summed E-state index contributed by atoms with van der Waals surface area (Å²) in [6, 6.07) is 6.38. The van der Waals surface area contributed by atoms with Gasteiger partial charge in [-0.25, -0.2) is 4.98 Å². The highest BCUT2D eigenvalue weighted by Gasteiger charge is 2.25. The molecule has 98 valence electrons. The summed E-state index contributed by atoms with van der Waals surface area (Å²) in [5.41, 5.74) is 4.66. The van der Waals surface area contributed by atoms with Crippen molar-refractivity contribution in [2.75, 3.05) is 6.54 Å². The summed E-state index contributed by atoms with van der Waals surface area (Å²) >= 11 is 0. The lowest BCUT2D eigenvalue weighted by atomic mass is 10.0. The Morgan fingerprint density at radius 2 is 2.16 bits per heavy atom. The van der Waals surface area contributed by atoms with Crippen molar-refractivity contribution in [1.82, 2.24) is 15.3 Å². The summed E-state index contributed by atoms with van der Waals surface area (Å²) in [6.07, 6.45) is 2.39. The first kappa shape index (κ1) is 12.0. The van der Waals surface area contributed by atoms with Gasteiger partial charge in [-0.05, 0) is 25.5 Å². The molecule has 1 aromatic carbocycles. The summed E-state index contributed by atoms with van der Waals surface area (Å²) in [5, 5.41) is 2.84. The van der Waals surface area contributed by atoms with E-state index in [0.717, 1.165) is 11.5 Å². The van der Waals surface area contributed by atoms with Crippen molar-refractivity contribution in [2.45, 2.75) is 26.2 Å². The maximum atomic E-state index is 11.2. The van der Waals surface area contributed by atoms with E-state index in [-0.39, 0.29) is 11.8 Å². The maximum Gasteiger partial charge on any atom is 0.220 e. The van der Waals surface area contributed by atoms with E-state index in [1.165, 1.54) is 16.7 Å². The zero-order chi connectivity index (χ0) is 13.4. The number of carbonyl (C=O) groups is 1. The highest BCUT2D eigenvalue weighted by atomic mass is 16.1. The summed E-state index contributed by atoms with van der Waals surface area (Å²) < 4.78 is 0. The minimum absolute atomic E-state index is 0.106. The van der Waals surface area contributed by atoms with E-state index in [9.17, 15) is 4.79 Å². The number of benzene rings is 1. The third-order valence-corrected chi connectivity index (χ3v) is 3.64. The topological polar surface area (TPSA) is 57.8 Å². The standard InChI is InChI=1S/C15H17N3O/c1-9-3-4-10(2)12(5-9)13-8-17-15(18-13)11-6-14(19)16-7-11/h3-5,8,11H,6-7H2,1-2H3,(H,16,19)(H,17,18). The second kappa shape index (κ2) is 4.53. The fourth-order valence-corrected chi connectivity index (χ4v) is 2.51. The van der Waals surface area contributed by atoms with E-state index in [4.69, 9.17) is 0 Å². The highest BCUT2D eigenvalue weighted by molar-refractivity contribution is 5.79. The average Bonchev–Trinajstić information content (AvgIpc) is 3.00. The van der Waals surface area contributed by atoms with Crippen molar-refractivity contribution in [3.05, 3.63) is 41.3 Å². The van der Waals surface area contributed by atoms with Gasteiger partial charge in [-0.3, -0.25) is 4.79 Å². The summed E-state index contributed by atoms with van der Waals surface area (Å²) in [6.45, 7) is 4.86. The highest BCUT2D eigenvalue weighted by Crippen LogP contribution is 2.26. The SMILES string of the molecule is Cc1ccc(C)c(-c2cnc(C3CNC(=O)C3)[nH]2)c1. The Morgan fingerprint density at radius 1 is 1.32 bits per heavy atom. The molecule has 1 amide bonds. The quantitative estimate of drug-likeness (QED) is 0.865. The molecule has 19 heavy (non-hydrogen) atoms. The molecule has 1 aliphatic rings. The molecule has 0 saturated carbocycles. The predicted octanol–water partition coefficient (Wildman–Crippen LogP) is 2.30. The number of nitrogens with zero attached hydrogens (tertiary/aromatic N) is 1. The third-order valence-electron chi connectivity index (χ3n) is 3.64. The first-order chi connectivity index (χ1) is 9.13. The maximum absolute atomic E-state index is 11.2. The summed E-state index contributed by atoms with van der Waals surface area (Å²) in [7, 11) is 0. The van der Waals surface area contributed by atoms with Crippen molar-refractivity contribution in [3.63, 3.8) is 0 Å². The second-order valence-corrected chi connectivity index (χ2v) is 5.21. The number of imidazole rings is 1. The van der Waals surface area contributed by atoms with Crippen LogP contribution in [0.3, 0.4) is 0 Å². The van der Waals surface area contributed by atoms with E-state index < -0.39 is 0 Å². The van der Waals surface area contributed by atoms with E-state index in [1.807, 2.05) is 6.20 Å². The number of hydrogen-bond donors (Lipinski definition) is 2. The van der Waals surface area contributed by atoms with Crippen molar-refractivity contribution in [2.24, 2.45) is 0 Å². The van der Waals surface area contributed by atoms with Gasteiger partial charge in [0.2, 0.25) is 5.91 Å². The fraction of sp³-hybridized carbons (Fsp3) is 0.333. The monoisotopic (exact) mass is 255 g/mol. The summed E-state index contributed by atoms with van der Waals surface area (Å²) in [4.78, 5) is 19.0. The Labute approximate surface area is 112 Å². The lowest BCUT2D eigenvalue weighted by Gasteiger charge is -2.05. The molecule has 1 unspecified atom stereocenters. The van der Waals surface area contributed by atoms with Gasteiger partial charge in [-0.2, -0.15) is 0 Å². The van der Waals surface area contributed by atoms with Gasteiger partial charge in [0, 0.05) is 24.4 Å². The van der Waals surface area contributed by atoms with Crippen LogP contribution in [0.1, 0.15) is 29.3 Å². The van der Waals surface area contributed by atoms with Crippen LogP contribution in [-0.4, -0.2) is 22.4 Å². The van der Waals surface area contributed by atoms with Crippen molar-refractivity contribution >= 4 is 5.91 Å². The van der Waals surface area contributed by atoms with Gasteiger partial charge < -0.3 is 10.3 Å². The van der Waals surface area contributed by atoms with Crippen molar-refractivity contribution in [3.8, 4) is 11.3 Å². The Hall–Kier alpha value is -2.10. The number of rotatable bonds is 2. The van der Waals surface area contributed by atoms with Crippen molar-refractivity contribution in [1.29, 1.82) is 0 Å². The van der Waals surface area contributed by atoms with Gasteiger partial charge in [0.15, 0.2) is 0 Å². The average molecular weight is 255 g/mol. The molecule has 1 atom stereocenters. The van der Waals surface area contributed by atoms with Crippen LogP contribution in [0.25, 0.3) is 11.3 Å². The van der Waals surface area contributed by atoms with Crippen LogP contribution in [0.15, 0.2) is 24.4 Å². The first-order valence-corrected chi connectivity index (χ1v) is 6.52. The molecule has 0 radical (unpaired) electrons. The number of amides is 1. The lowest BCUT2D eigenvalue weighted by molar-refractivity contribution is -0.119. The molecule has 0 aliphatic carbocycles. The third kappa shape index (κ3) is 2.26. The second-order valence-electron chi connectivity index (χ2n) is 5.21. The molecule has 1 aromatic heterocycles. The number of nitrogens with one attached hydrogen (secondary N) is 2. The predicted molar refractivity (Wildman–Crippen MR) is 73.9 cm³/mol. The van der Waals surface area contributed by atoms with Gasteiger partial charge in [0.25, 0.3) is 0 Å². The Bertz CT molecular complexity index is 630. The van der Waals surface area contributed by atoms with Gasteiger partial charge in [-0.1, -0.05) is 17.7 Å². The number of aryl methyl sites for hydroxylation is 2. The Kier molecular flexibility index (Phi) is 2.85. The van der Waals surface area contributed by atoms with E-state index in [1.54, 1.807) is 0 Å². The van der Waals surface area contributed by atoms with Crippen LogP contribution in [0.2, 0.25) is 0 Å². The molecular weight excluding hydrogens is 238 g/mol. The lowest BCUT2D eigenvalue weighted by Crippen LogP contribution is -2.13. The van der Waals surface area contributed by atoms with Crippen LogP contribution in [0.5, 0.6) is 0 Å². The molecule has 4 nitrogen and oxygen atoms in total. The molecule has 0 bridgehead atoms. The molecule has 3 rings (SSSR count). The first-order valence-electron chi connectivity index (χ1n) is 6.52. The van der Waals surface area contributed by atoms with Crippen LogP contribution < -0.4 is 5.32 Å². The normalized spacial score (nSPS) is 18.6. The van der Waals surface area contributed by atoms with Gasteiger partial charge >= 0.3 is 0 Å². The van der Waals surface area contributed by atoms with Crippen LogP contribution in [0, 0.1) is 13.8 Å². The Morgan fingerprint density at radius 3 is 2.89 bits per heavy atom. The molecular formula is C15H17N3O. The summed E-state index contributed by atoms with van der Waals surface area (Å²) in [5.74, 6) is 1.18. The number of H-pyrrole nitrogens is 1. The fourth-order valence-electron chi connectivity index (χ4n) is 2.51. The molecule has 2 heterocycles. The van der Waals surface area contributed by atoms with Crippen LogP contribution in [0.4, 0.5) is 0 Å². The molecule has 2 N–H and O–H groups in total. The zero-order valence-electron chi connectivity index (χ0n) is 11.2. The van der Waals surface area contributed by atoms with Crippen LogP contribution >= 0.6 is 0 Å². The molecule has 1 fully saturated rings. The number of carbonyl (C=O) groups excluding carboxylic acids is 1. The largest absolute Gasteiger partial charge is 0.355 e. The molecule has 1 aliphatic heterocycles. The van der Waals surface area contributed by atoms with Gasteiger partial charge in [0.1, 0.15) is 5.82 Å². The number of aromatic nitrogens is 2. The molecule has 4 heteroatoms.